The molecule has 1 heterocycles. The van der Waals surface area contributed by atoms with E-state index in [0.717, 1.165) is 22.6 Å². The Morgan fingerprint density at radius 3 is 2.47 bits per heavy atom. The summed E-state index contributed by atoms with van der Waals surface area (Å²) in [6.45, 7) is 4.78. The summed E-state index contributed by atoms with van der Waals surface area (Å²) in [5.41, 5.74) is 6.49. The number of nitrogens with zero attached hydrogens (tertiary/aromatic N) is 2. The van der Waals surface area contributed by atoms with Gasteiger partial charge in [-0.25, -0.2) is 0 Å². The lowest BCUT2D eigenvalue weighted by atomic mass is 10.2. The van der Waals surface area contributed by atoms with Gasteiger partial charge in [0.2, 0.25) is 23.5 Å². The minimum Gasteiger partial charge on any atom is -0.494 e. The molecule has 0 bridgehead atoms. The molecule has 0 saturated heterocycles. The Bertz CT molecular complexity index is 1100. The van der Waals surface area contributed by atoms with Crippen LogP contribution in [0.25, 0.3) is 11.4 Å². The first kappa shape index (κ1) is 25.0. The van der Waals surface area contributed by atoms with Gasteiger partial charge in [0.05, 0.1) is 13.2 Å². The van der Waals surface area contributed by atoms with Gasteiger partial charge in [-0.15, -0.1) is 0 Å². The normalized spacial score (nSPS) is 10.6. The van der Waals surface area contributed by atoms with E-state index in [4.69, 9.17) is 25.6 Å². The van der Waals surface area contributed by atoms with Crippen LogP contribution in [0, 0.1) is 6.92 Å². The predicted octanol–water partition coefficient (Wildman–Crippen LogP) is 4.04. The van der Waals surface area contributed by atoms with Gasteiger partial charge >= 0.3 is 0 Å². The zero-order chi connectivity index (χ0) is 24.3. The number of aryl methyl sites for hydroxylation is 2. The van der Waals surface area contributed by atoms with E-state index in [9.17, 15) is 9.59 Å². The highest BCUT2D eigenvalue weighted by Crippen LogP contribution is 2.22. The topological polar surface area (TPSA) is 116 Å². The molecule has 0 aliphatic heterocycles. The van der Waals surface area contributed by atoms with Gasteiger partial charge in [0.15, 0.2) is 0 Å². The number of nitrogens with one attached hydrogen (secondary N) is 2. The lowest BCUT2D eigenvalue weighted by Gasteiger charge is -2.10. The lowest BCUT2D eigenvalue weighted by Crippen LogP contribution is -2.41. The molecule has 0 atom stereocenters. The van der Waals surface area contributed by atoms with Crippen LogP contribution < -0.4 is 20.3 Å². The van der Waals surface area contributed by atoms with Gasteiger partial charge < -0.3 is 14.0 Å². The number of aromatic nitrogens is 2. The number of hydrogen-bond acceptors (Lipinski definition) is 7. The second kappa shape index (κ2) is 12.6. The summed E-state index contributed by atoms with van der Waals surface area (Å²) in [7, 11) is 0. The molecule has 34 heavy (non-hydrogen) atoms. The molecule has 0 fully saturated rings. The lowest BCUT2D eigenvalue weighted by molar-refractivity contribution is -0.129. The Morgan fingerprint density at radius 1 is 1.03 bits per heavy atom. The number of benzene rings is 2. The van der Waals surface area contributed by atoms with Crippen LogP contribution in [0.3, 0.4) is 0 Å². The third-order valence-corrected chi connectivity index (χ3v) is 4.98. The molecule has 0 radical (unpaired) electrons. The Balaban J connectivity index is 1.32. The largest absolute Gasteiger partial charge is 0.494 e. The average Bonchev–Trinajstić information content (AvgIpc) is 3.30. The number of rotatable bonds is 11. The second-order valence-electron chi connectivity index (χ2n) is 7.43. The molecule has 2 amide bonds. The molecule has 180 valence electrons. The van der Waals surface area contributed by atoms with Crippen molar-refractivity contribution >= 4 is 23.4 Å². The van der Waals surface area contributed by atoms with Gasteiger partial charge in [-0.3, -0.25) is 20.4 Å². The molecule has 0 unspecified atom stereocenters. The summed E-state index contributed by atoms with van der Waals surface area (Å²) in [5, 5.41) is 4.59. The van der Waals surface area contributed by atoms with E-state index in [1.54, 1.807) is 12.1 Å². The number of hydrogen-bond donors (Lipinski definition) is 2. The monoisotopic (exact) mass is 486 g/mol. The molecular formula is C24H27ClN4O5. The van der Waals surface area contributed by atoms with Crippen molar-refractivity contribution in [3.63, 3.8) is 0 Å². The van der Waals surface area contributed by atoms with Crippen LogP contribution in [0.15, 0.2) is 47.0 Å². The van der Waals surface area contributed by atoms with Crippen molar-refractivity contribution in [2.24, 2.45) is 0 Å². The standard InChI is InChI=1S/C24H27ClN4O5/c1-3-32-19-9-6-17(7-10-19)24-26-23(34-29-24)13-12-22(31)28-27-21(30)5-4-14-33-20-11-8-18(25)15-16(20)2/h6-11,15H,3-5,12-14H2,1-2H3,(H,27,30)(H,28,31). The van der Waals surface area contributed by atoms with Crippen LogP contribution in [0.1, 0.15) is 37.6 Å². The fourth-order valence-electron chi connectivity index (χ4n) is 3.02. The molecule has 9 nitrogen and oxygen atoms in total. The number of carbonyl (C=O) groups is 2. The molecule has 3 aromatic rings. The number of halogens is 1. The van der Waals surface area contributed by atoms with Crippen LogP contribution in [0.5, 0.6) is 11.5 Å². The Hall–Kier alpha value is -3.59. The third-order valence-electron chi connectivity index (χ3n) is 4.74. The number of amides is 2. The smallest absolute Gasteiger partial charge is 0.238 e. The highest BCUT2D eigenvalue weighted by atomic mass is 35.5. The predicted molar refractivity (Wildman–Crippen MR) is 126 cm³/mol. The zero-order valence-electron chi connectivity index (χ0n) is 19.1. The van der Waals surface area contributed by atoms with Gasteiger partial charge in [-0.1, -0.05) is 16.8 Å². The van der Waals surface area contributed by atoms with E-state index in [1.807, 2.05) is 44.2 Å². The molecule has 3 rings (SSSR count). The fraction of sp³-hybridized carbons (Fsp3) is 0.333. The maximum absolute atomic E-state index is 12.0. The summed E-state index contributed by atoms with van der Waals surface area (Å²) in [6, 6.07) is 12.7. The summed E-state index contributed by atoms with van der Waals surface area (Å²) in [5.74, 6) is 1.59. The van der Waals surface area contributed by atoms with Gasteiger partial charge in [-0.05, 0) is 68.3 Å². The molecule has 10 heteroatoms. The van der Waals surface area contributed by atoms with Crippen LogP contribution >= 0.6 is 11.6 Å². The van der Waals surface area contributed by atoms with Crippen molar-refractivity contribution in [3.8, 4) is 22.9 Å². The van der Waals surface area contributed by atoms with Gasteiger partial charge in [0.1, 0.15) is 11.5 Å². The summed E-state index contributed by atoms with van der Waals surface area (Å²) in [6.07, 6.45) is 1.05. The van der Waals surface area contributed by atoms with Crippen LogP contribution in [0.4, 0.5) is 0 Å². The van der Waals surface area contributed by atoms with Crippen LogP contribution in [-0.2, 0) is 16.0 Å². The van der Waals surface area contributed by atoms with Gasteiger partial charge in [-0.2, -0.15) is 4.98 Å². The molecule has 0 aliphatic rings. The Labute approximate surface area is 202 Å². The zero-order valence-corrected chi connectivity index (χ0v) is 19.9. The van der Waals surface area contributed by atoms with E-state index < -0.39 is 0 Å². The molecule has 0 aliphatic carbocycles. The van der Waals surface area contributed by atoms with E-state index in [1.165, 1.54) is 0 Å². The molecular weight excluding hydrogens is 460 g/mol. The number of carbonyl (C=O) groups excluding carboxylic acids is 2. The molecule has 0 saturated carbocycles. The maximum Gasteiger partial charge on any atom is 0.238 e. The van der Waals surface area contributed by atoms with E-state index >= 15 is 0 Å². The summed E-state index contributed by atoms with van der Waals surface area (Å²) < 4.78 is 16.3. The van der Waals surface area contributed by atoms with Gasteiger partial charge in [0.25, 0.3) is 0 Å². The Kier molecular flexibility index (Phi) is 9.28. The van der Waals surface area contributed by atoms with Crippen molar-refractivity contribution in [1.29, 1.82) is 0 Å². The van der Waals surface area contributed by atoms with Crippen molar-refractivity contribution in [1.82, 2.24) is 21.0 Å². The van der Waals surface area contributed by atoms with E-state index in [0.29, 0.717) is 36.4 Å². The second-order valence-corrected chi connectivity index (χ2v) is 7.86. The average molecular weight is 487 g/mol. The summed E-state index contributed by atoms with van der Waals surface area (Å²) >= 11 is 5.92. The quantitative estimate of drug-likeness (QED) is 0.310. The third kappa shape index (κ3) is 7.77. The highest BCUT2D eigenvalue weighted by molar-refractivity contribution is 6.30. The van der Waals surface area contributed by atoms with Crippen molar-refractivity contribution in [2.75, 3.05) is 13.2 Å². The Morgan fingerprint density at radius 2 is 1.76 bits per heavy atom. The first-order valence-electron chi connectivity index (χ1n) is 11.0. The maximum atomic E-state index is 12.0. The van der Waals surface area contributed by atoms with Crippen molar-refractivity contribution in [3.05, 3.63) is 58.9 Å². The van der Waals surface area contributed by atoms with E-state index in [-0.39, 0.29) is 31.1 Å². The van der Waals surface area contributed by atoms with Crippen LogP contribution in [-0.4, -0.2) is 35.2 Å². The molecule has 2 aromatic carbocycles. The van der Waals surface area contributed by atoms with Crippen LogP contribution in [0.2, 0.25) is 5.02 Å². The van der Waals surface area contributed by atoms with Crippen molar-refractivity contribution < 1.29 is 23.6 Å². The fourth-order valence-corrected chi connectivity index (χ4v) is 3.24. The van der Waals surface area contributed by atoms with Gasteiger partial charge in [0, 0.05) is 29.8 Å². The minimum absolute atomic E-state index is 0.0874. The molecule has 0 spiro atoms. The van der Waals surface area contributed by atoms with E-state index in [2.05, 4.69) is 21.0 Å². The first-order valence-corrected chi connectivity index (χ1v) is 11.3. The first-order chi connectivity index (χ1) is 16.4. The summed E-state index contributed by atoms with van der Waals surface area (Å²) in [4.78, 5) is 28.2. The SMILES string of the molecule is CCOc1ccc(-c2noc(CCC(=O)NNC(=O)CCCOc3ccc(Cl)cc3C)n2)cc1. The van der Waals surface area contributed by atoms with Crippen molar-refractivity contribution in [2.45, 2.75) is 39.5 Å². The number of hydrazine groups is 1. The highest BCUT2D eigenvalue weighted by Gasteiger charge is 2.12. The number of ether oxygens (including phenoxy) is 2. The molecule has 2 N–H and O–H groups in total. The minimum atomic E-state index is -0.359. The molecule has 1 aromatic heterocycles.